The van der Waals surface area contributed by atoms with Crippen molar-refractivity contribution >= 4 is 5.95 Å². The van der Waals surface area contributed by atoms with E-state index in [0.29, 0.717) is 0 Å². The van der Waals surface area contributed by atoms with E-state index in [2.05, 4.69) is 21.8 Å². The van der Waals surface area contributed by atoms with Crippen molar-refractivity contribution < 1.29 is 0 Å². The molecule has 1 unspecified atom stereocenters. The van der Waals surface area contributed by atoms with Crippen molar-refractivity contribution in [3.63, 3.8) is 0 Å². The first-order chi connectivity index (χ1) is 7.13. The molecule has 0 bridgehead atoms. The van der Waals surface area contributed by atoms with Crippen LogP contribution in [0.3, 0.4) is 0 Å². The van der Waals surface area contributed by atoms with Crippen LogP contribution in [0, 0.1) is 12.3 Å². The molecule has 4 heteroatoms. The lowest BCUT2D eigenvalue weighted by Gasteiger charge is -2.22. The van der Waals surface area contributed by atoms with Gasteiger partial charge in [-0.2, -0.15) is 0 Å². The van der Waals surface area contributed by atoms with Crippen LogP contribution in [-0.2, 0) is 0 Å². The Morgan fingerprint density at radius 2 is 2.13 bits per heavy atom. The number of nitrogens with zero attached hydrogens (tertiary/aromatic N) is 3. The van der Waals surface area contributed by atoms with Crippen LogP contribution in [0.5, 0.6) is 0 Å². The van der Waals surface area contributed by atoms with Gasteiger partial charge in [-0.3, -0.25) is 0 Å². The molecule has 4 nitrogen and oxygen atoms in total. The summed E-state index contributed by atoms with van der Waals surface area (Å²) in [4.78, 5) is 10.9. The smallest absolute Gasteiger partial charge is 0.225 e. The van der Waals surface area contributed by atoms with E-state index in [-0.39, 0.29) is 5.41 Å². The van der Waals surface area contributed by atoms with Crippen LogP contribution in [-0.4, -0.2) is 29.6 Å². The Morgan fingerprint density at radius 1 is 1.47 bits per heavy atom. The van der Waals surface area contributed by atoms with Crippen molar-refractivity contribution in [1.29, 1.82) is 0 Å². The zero-order chi connectivity index (χ0) is 10.9. The average Bonchev–Trinajstić information content (AvgIpc) is 2.63. The average molecular weight is 206 g/mol. The number of aromatic nitrogens is 2. The van der Waals surface area contributed by atoms with Gasteiger partial charge >= 0.3 is 0 Å². The molecule has 1 aliphatic heterocycles. The van der Waals surface area contributed by atoms with Crippen LogP contribution < -0.4 is 10.6 Å². The van der Waals surface area contributed by atoms with Gasteiger partial charge < -0.3 is 10.6 Å². The molecule has 2 heterocycles. The van der Waals surface area contributed by atoms with Gasteiger partial charge in [0.25, 0.3) is 0 Å². The van der Waals surface area contributed by atoms with Gasteiger partial charge in [-0.15, -0.1) is 0 Å². The van der Waals surface area contributed by atoms with E-state index in [9.17, 15) is 0 Å². The van der Waals surface area contributed by atoms with Crippen LogP contribution in [0.15, 0.2) is 12.4 Å². The summed E-state index contributed by atoms with van der Waals surface area (Å²) < 4.78 is 0. The zero-order valence-corrected chi connectivity index (χ0v) is 9.40. The minimum Gasteiger partial charge on any atom is -0.340 e. The maximum absolute atomic E-state index is 5.76. The first kappa shape index (κ1) is 10.4. The first-order valence-electron chi connectivity index (χ1n) is 5.37. The van der Waals surface area contributed by atoms with Gasteiger partial charge in [-0.05, 0) is 30.9 Å². The second-order valence-electron chi connectivity index (χ2n) is 4.75. The lowest BCUT2D eigenvalue weighted by Crippen LogP contribution is -2.31. The molecule has 1 aromatic heterocycles. The van der Waals surface area contributed by atoms with Crippen molar-refractivity contribution in [1.82, 2.24) is 9.97 Å². The molecular weight excluding hydrogens is 188 g/mol. The highest BCUT2D eigenvalue weighted by Crippen LogP contribution is 2.30. The van der Waals surface area contributed by atoms with E-state index in [1.165, 1.54) is 0 Å². The Bertz CT molecular complexity index is 335. The van der Waals surface area contributed by atoms with Crippen molar-refractivity contribution in [2.24, 2.45) is 11.1 Å². The topological polar surface area (TPSA) is 55.0 Å². The number of aryl methyl sites for hydroxylation is 1. The van der Waals surface area contributed by atoms with Crippen molar-refractivity contribution in [3.8, 4) is 0 Å². The minimum absolute atomic E-state index is 0.230. The molecule has 0 radical (unpaired) electrons. The third-order valence-corrected chi connectivity index (χ3v) is 3.10. The van der Waals surface area contributed by atoms with Gasteiger partial charge in [0.05, 0.1) is 0 Å². The number of hydrogen-bond acceptors (Lipinski definition) is 4. The highest BCUT2D eigenvalue weighted by atomic mass is 15.3. The van der Waals surface area contributed by atoms with E-state index in [1.807, 2.05) is 19.3 Å². The van der Waals surface area contributed by atoms with Crippen molar-refractivity contribution in [2.45, 2.75) is 20.3 Å². The van der Waals surface area contributed by atoms with Gasteiger partial charge in [0.15, 0.2) is 0 Å². The Balaban J connectivity index is 2.11. The first-order valence-corrected chi connectivity index (χ1v) is 5.37. The van der Waals surface area contributed by atoms with Crippen molar-refractivity contribution in [3.05, 3.63) is 18.0 Å². The fraction of sp³-hybridized carbons (Fsp3) is 0.636. The van der Waals surface area contributed by atoms with Crippen LogP contribution >= 0.6 is 0 Å². The third kappa shape index (κ3) is 2.09. The molecule has 0 aromatic carbocycles. The van der Waals surface area contributed by atoms with Crippen molar-refractivity contribution in [2.75, 3.05) is 24.5 Å². The molecule has 82 valence electrons. The second-order valence-corrected chi connectivity index (χ2v) is 4.75. The highest BCUT2D eigenvalue weighted by Gasteiger charge is 2.33. The number of anilines is 1. The third-order valence-electron chi connectivity index (χ3n) is 3.10. The number of nitrogens with two attached hydrogens (primary N) is 1. The molecule has 0 spiro atoms. The predicted octanol–water partition coefficient (Wildman–Crippen LogP) is 0.960. The standard InChI is InChI=1S/C11H18N4/c1-9-5-13-10(14-6-9)15-4-3-11(2,7-12)8-15/h5-6H,3-4,7-8,12H2,1-2H3. The molecule has 0 amide bonds. The summed E-state index contributed by atoms with van der Waals surface area (Å²) >= 11 is 0. The molecule has 1 aromatic rings. The molecule has 1 saturated heterocycles. The number of hydrogen-bond donors (Lipinski definition) is 1. The summed E-state index contributed by atoms with van der Waals surface area (Å²) in [6, 6.07) is 0. The van der Waals surface area contributed by atoms with E-state index in [4.69, 9.17) is 5.73 Å². The van der Waals surface area contributed by atoms with E-state index < -0.39 is 0 Å². The van der Waals surface area contributed by atoms with Crippen LogP contribution in [0.25, 0.3) is 0 Å². The molecule has 1 fully saturated rings. The lowest BCUT2D eigenvalue weighted by molar-refractivity contribution is 0.383. The fourth-order valence-corrected chi connectivity index (χ4v) is 1.91. The molecular formula is C11H18N4. The van der Waals surface area contributed by atoms with Gasteiger partial charge in [-0.25, -0.2) is 9.97 Å². The zero-order valence-electron chi connectivity index (χ0n) is 9.40. The summed E-state index contributed by atoms with van der Waals surface area (Å²) in [7, 11) is 0. The second kappa shape index (κ2) is 3.77. The van der Waals surface area contributed by atoms with Crippen LogP contribution in [0.1, 0.15) is 18.9 Å². The van der Waals surface area contributed by atoms with Crippen LogP contribution in [0.2, 0.25) is 0 Å². The van der Waals surface area contributed by atoms with E-state index in [1.54, 1.807) is 0 Å². The Labute approximate surface area is 90.5 Å². The maximum atomic E-state index is 5.76. The summed E-state index contributed by atoms with van der Waals surface area (Å²) in [5, 5.41) is 0. The summed E-state index contributed by atoms with van der Waals surface area (Å²) in [5.41, 5.74) is 7.09. The van der Waals surface area contributed by atoms with Gasteiger partial charge in [0.2, 0.25) is 5.95 Å². The SMILES string of the molecule is Cc1cnc(N2CCC(C)(CN)C2)nc1. The Kier molecular flexibility index (Phi) is 2.61. The van der Waals surface area contributed by atoms with E-state index >= 15 is 0 Å². The lowest BCUT2D eigenvalue weighted by atomic mass is 9.90. The van der Waals surface area contributed by atoms with Crippen LogP contribution in [0.4, 0.5) is 5.95 Å². The van der Waals surface area contributed by atoms with Gasteiger partial charge in [-0.1, -0.05) is 6.92 Å². The van der Waals surface area contributed by atoms with E-state index in [0.717, 1.165) is 37.6 Å². The summed E-state index contributed by atoms with van der Waals surface area (Å²) in [6.07, 6.45) is 4.85. The highest BCUT2D eigenvalue weighted by molar-refractivity contribution is 5.32. The summed E-state index contributed by atoms with van der Waals surface area (Å²) in [6.45, 7) is 6.93. The molecule has 1 atom stereocenters. The maximum Gasteiger partial charge on any atom is 0.225 e. The molecule has 1 aliphatic rings. The molecule has 2 rings (SSSR count). The number of rotatable bonds is 2. The van der Waals surface area contributed by atoms with Gasteiger partial charge in [0.1, 0.15) is 0 Å². The molecule has 0 aliphatic carbocycles. The molecule has 15 heavy (non-hydrogen) atoms. The Morgan fingerprint density at radius 3 is 2.67 bits per heavy atom. The molecule has 2 N–H and O–H groups in total. The normalized spacial score (nSPS) is 25.9. The minimum atomic E-state index is 0.230. The predicted molar refractivity (Wildman–Crippen MR) is 60.8 cm³/mol. The quantitative estimate of drug-likeness (QED) is 0.783. The molecule has 0 saturated carbocycles. The monoisotopic (exact) mass is 206 g/mol. The Hall–Kier alpha value is -1.16. The largest absolute Gasteiger partial charge is 0.340 e. The fourth-order valence-electron chi connectivity index (χ4n) is 1.91. The van der Waals surface area contributed by atoms with Gasteiger partial charge in [0, 0.05) is 25.5 Å². The summed E-state index contributed by atoms with van der Waals surface area (Å²) in [5.74, 6) is 0.831.